The number of amides is 2. The van der Waals surface area contributed by atoms with Crippen LogP contribution >= 0.6 is 0 Å². The molecule has 108 valence electrons. The average Bonchev–Trinajstić information content (AvgIpc) is 2.54. The Morgan fingerprint density at radius 3 is 2.38 bits per heavy atom. The Morgan fingerprint density at radius 1 is 1.10 bits per heavy atom. The number of rotatable bonds is 4. The van der Waals surface area contributed by atoms with E-state index in [0.717, 1.165) is 11.1 Å². The van der Waals surface area contributed by atoms with Crippen molar-refractivity contribution < 1.29 is 10.0 Å². The molecule has 2 aromatic rings. The summed E-state index contributed by atoms with van der Waals surface area (Å²) in [4.78, 5) is 11.8. The van der Waals surface area contributed by atoms with Crippen molar-refractivity contribution in [3.63, 3.8) is 0 Å². The van der Waals surface area contributed by atoms with Crippen LogP contribution in [0.1, 0.15) is 18.1 Å². The average molecular weight is 283 g/mol. The highest BCUT2D eigenvalue weighted by molar-refractivity contribution is 5.99. The lowest BCUT2D eigenvalue weighted by Gasteiger charge is -2.08. The first-order valence-electron chi connectivity index (χ1n) is 6.57. The lowest BCUT2D eigenvalue weighted by Crippen LogP contribution is -2.28. The summed E-state index contributed by atoms with van der Waals surface area (Å²) < 4.78 is 0. The number of hydrogen-bond donors (Lipinski definition) is 3. The van der Waals surface area contributed by atoms with Gasteiger partial charge in [0.15, 0.2) is 0 Å². The van der Waals surface area contributed by atoms with Gasteiger partial charge in [0, 0.05) is 12.2 Å². The first-order chi connectivity index (χ1) is 10.2. The first kappa shape index (κ1) is 14.6. The van der Waals surface area contributed by atoms with Crippen molar-refractivity contribution in [3.8, 4) is 0 Å². The highest BCUT2D eigenvalue weighted by Crippen LogP contribution is 2.10. The SMILES string of the molecule is C/C(=N/O)c1ccc(NC(=O)NCc2ccccc2)cc1. The van der Waals surface area contributed by atoms with Crippen LogP contribution < -0.4 is 10.6 Å². The van der Waals surface area contributed by atoms with Crippen molar-refractivity contribution in [2.24, 2.45) is 5.16 Å². The number of benzene rings is 2. The van der Waals surface area contributed by atoms with Gasteiger partial charge in [-0.15, -0.1) is 0 Å². The van der Waals surface area contributed by atoms with Gasteiger partial charge in [-0.3, -0.25) is 0 Å². The minimum Gasteiger partial charge on any atom is -0.411 e. The normalized spacial score (nSPS) is 11.0. The van der Waals surface area contributed by atoms with E-state index >= 15 is 0 Å². The number of anilines is 1. The summed E-state index contributed by atoms with van der Waals surface area (Å²) in [6, 6.07) is 16.5. The van der Waals surface area contributed by atoms with Crippen LogP contribution in [0.4, 0.5) is 10.5 Å². The van der Waals surface area contributed by atoms with E-state index in [2.05, 4.69) is 15.8 Å². The van der Waals surface area contributed by atoms with Crippen LogP contribution in [-0.2, 0) is 6.54 Å². The standard InChI is InChI=1S/C16H17N3O2/c1-12(19-21)14-7-9-15(10-8-14)18-16(20)17-11-13-5-3-2-4-6-13/h2-10,21H,11H2,1H3,(H2,17,18,20)/b19-12-. The molecule has 2 amide bonds. The van der Waals surface area contributed by atoms with Gasteiger partial charge in [0.1, 0.15) is 0 Å². The molecule has 2 rings (SSSR count). The summed E-state index contributed by atoms with van der Waals surface area (Å²) in [5.74, 6) is 0. The smallest absolute Gasteiger partial charge is 0.319 e. The molecule has 0 fully saturated rings. The Labute approximate surface area is 123 Å². The molecule has 0 aliphatic heterocycles. The number of carbonyl (C=O) groups excluding carboxylic acids is 1. The predicted molar refractivity (Wildman–Crippen MR) is 82.7 cm³/mol. The molecule has 0 spiro atoms. The molecule has 0 saturated heterocycles. The number of nitrogens with zero attached hydrogens (tertiary/aromatic N) is 1. The summed E-state index contributed by atoms with van der Waals surface area (Å²) >= 11 is 0. The van der Waals surface area contributed by atoms with Crippen LogP contribution in [0, 0.1) is 0 Å². The summed E-state index contributed by atoms with van der Waals surface area (Å²) in [7, 11) is 0. The first-order valence-corrected chi connectivity index (χ1v) is 6.57. The van der Waals surface area contributed by atoms with E-state index in [9.17, 15) is 4.79 Å². The fourth-order valence-corrected chi connectivity index (χ4v) is 1.81. The lowest BCUT2D eigenvalue weighted by molar-refractivity contribution is 0.251. The highest BCUT2D eigenvalue weighted by atomic mass is 16.4. The maximum atomic E-state index is 11.8. The Hall–Kier alpha value is -2.82. The van der Waals surface area contributed by atoms with E-state index in [1.807, 2.05) is 30.3 Å². The van der Waals surface area contributed by atoms with Gasteiger partial charge in [-0.1, -0.05) is 47.6 Å². The third kappa shape index (κ3) is 4.35. The van der Waals surface area contributed by atoms with E-state index in [1.54, 1.807) is 31.2 Å². The Bertz CT molecular complexity index is 622. The van der Waals surface area contributed by atoms with Crippen LogP contribution in [0.2, 0.25) is 0 Å². The fourth-order valence-electron chi connectivity index (χ4n) is 1.81. The molecule has 21 heavy (non-hydrogen) atoms. The van der Waals surface area contributed by atoms with E-state index < -0.39 is 0 Å². The number of oxime groups is 1. The summed E-state index contributed by atoms with van der Waals surface area (Å²) in [5, 5.41) is 17.3. The summed E-state index contributed by atoms with van der Waals surface area (Å²) in [6.45, 7) is 2.18. The Morgan fingerprint density at radius 2 is 1.76 bits per heavy atom. The Kier molecular flexibility index (Phi) is 4.93. The molecule has 0 saturated carbocycles. The van der Waals surface area contributed by atoms with Crippen LogP contribution in [0.25, 0.3) is 0 Å². The minimum absolute atomic E-state index is 0.265. The van der Waals surface area contributed by atoms with Gasteiger partial charge in [-0.2, -0.15) is 0 Å². The van der Waals surface area contributed by atoms with Crippen LogP contribution in [0.3, 0.4) is 0 Å². The maximum Gasteiger partial charge on any atom is 0.319 e. The van der Waals surface area contributed by atoms with Crippen molar-refractivity contribution in [2.45, 2.75) is 13.5 Å². The molecule has 0 aromatic heterocycles. The molecule has 3 N–H and O–H groups in total. The summed E-state index contributed by atoms with van der Waals surface area (Å²) in [6.07, 6.45) is 0. The van der Waals surface area contributed by atoms with Crippen molar-refractivity contribution in [2.75, 3.05) is 5.32 Å². The Balaban J connectivity index is 1.88. The molecule has 5 nitrogen and oxygen atoms in total. The summed E-state index contributed by atoms with van der Waals surface area (Å²) in [5.41, 5.74) is 3.04. The second-order valence-electron chi connectivity index (χ2n) is 4.56. The number of nitrogens with one attached hydrogen (secondary N) is 2. The zero-order chi connectivity index (χ0) is 15.1. The van der Waals surface area contributed by atoms with Gasteiger partial charge in [0.25, 0.3) is 0 Å². The minimum atomic E-state index is -0.265. The molecule has 0 unspecified atom stereocenters. The molecule has 2 aromatic carbocycles. The zero-order valence-electron chi connectivity index (χ0n) is 11.7. The van der Waals surface area contributed by atoms with Crippen LogP contribution in [0.15, 0.2) is 59.8 Å². The van der Waals surface area contributed by atoms with Gasteiger partial charge in [-0.25, -0.2) is 4.79 Å². The van der Waals surface area contributed by atoms with Crippen LogP contribution in [0.5, 0.6) is 0 Å². The quantitative estimate of drug-likeness (QED) is 0.458. The molecule has 0 radical (unpaired) electrons. The third-order valence-electron chi connectivity index (χ3n) is 3.01. The molecular weight excluding hydrogens is 266 g/mol. The molecule has 0 aliphatic carbocycles. The van der Waals surface area contributed by atoms with Crippen molar-refractivity contribution in [1.29, 1.82) is 0 Å². The second-order valence-corrected chi connectivity index (χ2v) is 4.56. The van der Waals surface area contributed by atoms with Gasteiger partial charge < -0.3 is 15.8 Å². The highest BCUT2D eigenvalue weighted by Gasteiger charge is 2.03. The fraction of sp³-hybridized carbons (Fsp3) is 0.125. The number of carbonyl (C=O) groups is 1. The molecule has 0 aliphatic rings. The largest absolute Gasteiger partial charge is 0.411 e. The zero-order valence-corrected chi connectivity index (χ0v) is 11.7. The second kappa shape index (κ2) is 7.09. The van der Waals surface area contributed by atoms with E-state index in [-0.39, 0.29) is 6.03 Å². The number of hydrogen-bond acceptors (Lipinski definition) is 3. The van der Waals surface area contributed by atoms with Crippen molar-refractivity contribution in [1.82, 2.24) is 5.32 Å². The van der Waals surface area contributed by atoms with E-state index in [1.165, 1.54) is 0 Å². The van der Waals surface area contributed by atoms with Crippen molar-refractivity contribution >= 4 is 17.4 Å². The van der Waals surface area contributed by atoms with Gasteiger partial charge in [0.2, 0.25) is 0 Å². The monoisotopic (exact) mass is 283 g/mol. The molecule has 0 atom stereocenters. The van der Waals surface area contributed by atoms with Gasteiger partial charge in [-0.05, 0) is 30.2 Å². The van der Waals surface area contributed by atoms with E-state index in [0.29, 0.717) is 17.9 Å². The van der Waals surface area contributed by atoms with Gasteiger partial charge >= 0.3 is 6.03 Å². The van der Waals surface area contributed by atoms with Gasteiger partial charge in [0.05, 0.1) is 5.71 Å². The molecular formula is C16H17N3O2. The molecule has 0 heterocycles. The molecule has 5 heteroatoms. The predicted octanol–water partition coefficient (Wildman–Crippen LogP) is 3.21. The lowest BCUT2D eigenvalue weighted by atomic mass is 10.1. The third-order valence-corrected chi connectivity index (χ3v) is 3.01. The maximum absolute atomic E-state index is 11.8. The topological polar surface area (TPSA) is 73.7 Å². The van der Waals surface area contributed by atoms with E-state index in [4.69, 9.17) is 5.21 Å². The molecule has 0 bridgehead atoms. The van der Waals surface area contributed by atoms with Crippen molar-refractivity contribution in [3.05, 3.63) is 65.7 Å². The van der Waals surface area contributed by atoms with Crippen LogP contribution in [-0.4, -0.2) is 17.0 Å². The number of urea groups is 1.